The zero-order valence-electron chi connectivity index (χ0n) is 28.1. The van der Waals surface area contributed by atoms with Crippen molar-refractivity contribution < 1.29 is 19.5 Å². The van der Waals surface area contributed by atoms with Crippen LogP contribution in [0.5, 0.6) is 0 Å². The average Bonchev–Trinajstić information content (AvgIpc) is 3.09. The SMILES string of the molecule is CC(=O)NC1C[CH+]C2(CC1)Nc1cccc3ccc(C4=C(O)C(=c5ccc6cccc7c6c5=NC5(CCC(NC(C)=O)CC5)N7)C4=O)c(c13)N2. The number of amides is 2. The van der Waals surface area contributed by atoms with Crippen molar-refractivity contribution in [2.24, 2.45) is 4.99 Å². The first-order valence-corrected chi connectivity index (χ1v) is 17.6. The van der Waals surface area contributed by atoms with Gasteiger partial charge in [-0.2, -0.15) is 0 Å². The number of hydrogen-bond acceptors (Lipinski definition) is 8. The Balaban J connectivity index is 1.16. The van der Waals surface area contributed by atoms with Gasteiger partial charge in [-0.3, -0.25) is 19.4 Å². The molecular formula is C40H39N6O4+. The van der Waals surface area contributed by atoms with Crippen molar-refractivity contribution in [3.05, 3.63) is 89.0 Å². The summed E-state index contributed by atoms with van der Waals surface area (Å²) in [4.78, 5) is 43.2. The number of hydrogen-bond donors (Lipinski definition) is 6. The van der Waals surface area contributed by atoms with E-state index in [9.17, 15) is 19.5 Å². The van der Waals surface area contributed by atoms with Crippen molar-refractivity contribution in [1.29, 1.82) is 0 Å². The molecule has 2 atom stereocenters. The second kappa shape index (κ2) is 11.0. The quantitative estimate of drug-likeness (QED) is 0.170. The number of aliphatic hydroxyl groups is 1. The van der Waals surface area contributed by atoms with Gasteiger partial charge in [-0.15, -0.1) is 0 Å². The van der Waals surface area contributed by atoms with E-state index < -0.39 is 11.3 Å². The Hall–Kier alpha value is -5.51. The molecule has 0 bridgehead atoms. The number of Topliss-reactive ketones (excluding diaryl/α,β-unsaturated/α-hetero) is 1. The van der Waals surface area contributed by atoms with Crippen molar-refractivity contribution in [1.82, 2.24) is 10.6 Å². The van der Waals surface area contributed by atoms with E-state index >= 15 is 0 Å². The zero-order valence-corrected chi connectivity index (χ0v) is 28.1. The van der Waals surface area contributed by atoms with E-state index in [2.05, 4.69) is 33.0 Å². The number of rotatable bonds is 3. The summed E-state index contributed by atoms with van der Waals surface area (Å²) >= 11 is 0. The normalized spacial score (nSPS) is 27.4. The van der Waals surface area contributed by atoms with Crippen molar-refractivity contribution in [3.63, 3.8) is 0 Å². The smallest absolute Gasteiger partial charge is 0.253 e. The van der Waals surface area contributed by atoms with Gasteiger partial charge in [0.2, 0.25) is 17.6 Å². The number of nitrogens with one attached hydrogen (secondary N) is 5. The molecule has 0 saturated heterocycles. The predicted molar refractivity (Wildman–Crippen MR) is 195 cm³/mol. The Kier molecular flexibility index (Phi) is 6.72. The van der Waals surface area contributed by atoms with Crippen LogP contribution in [0, 0.1) is 6.42 Å². The third-order valence-corrected chi connectivity index (χ3v) is 11.2. The maximum atomic E-state index is 14.4. The Labute approximate surface area is 289 Å². The van der Waals surface area contributed by atoms with E-state index in [4.69, 9.17) is 4.99 Å². The van der Waals surface area contributed by atoms with Crippen LogP contribution in [0.1, 0.15) is 64.4 Å². The Morgan fingerprint density at radius 3 is 2.14 bits per heavy atom. The molecule has 10 heteroatoms. The van der Waals surface area contributed by atoms with Crippen LogP contribution >= 0.6 is 0 Å². The van der Waals surface area contributed by atoms with E-state index in [1.807, 2.05) is 60.7 Å². The Morgan fingerprint density at radius 1 is 0.800 bits per heavy atom. The monoisotopic (exact) mass is 667 g/mol. The summed E-state index contributed by atoms with van der Waals surface area (Å²) in [5.74, 6) is -0.306. The number of allylic oxidation sites excluding steroid dienone is 2. The molecule has 2 fully saturated rings. The molecule has 50 heavy (non-hydrogen) atoms. The molecule has 3 aliphatic carbocycles. The minimum atomic E-state index is -0.570. The highest BCUT2D eigenvalue weighted by atomic mass is 16.3. The standard InChI is InChI=1S/C40H38N6O4/c1-21(47)41-25-13-17-39(18-14-25)43-29-7-3-5-23-9-11-27(35(45-39)31(23)29)33-37(49)34(38(33)50)28-12-10-24-6-4-8-30-32(24)36(28)46-40(44-30)19-15-26(16-20-40)42-22(2)48/h3-12,17,25-26H,13-16,18-20H2,1-2H3,(H5-,41,42,43,44,45,46,47,48,49,50)/p+1. The fourth-order valence-corrected chi connectivity index (χ4v) is 8.87. The Morgan fingerprint density at radius 2 is 1.46 bits per heavy atom. The van der Waals surface area contributed by atoms with Crippen LogP contribution in [0.2, 0.25) is 0 Å². The maximum Gasteiger partial charge on any atom is 0.253 e. The van der Waals surface area contributed by atoms with Gasteiger partial charge in [0.15, 0.2) is 0 Å². The molecule has 6 N–H and O–H groups in total. The first-order chi connectivity index (χ1) is 24.1. The molecule has 5 aliphatic rings. The maximum absolute atomic E-state index is 14.4. The van der Waals surface area contributed by atoms with Crippen molar-refractivity contribution in [2.45, 2.75) is 82.2 Å². The average molecular weight is 668 g/mol. The predicted octanol–water partition coefficient (Wildman–Crippen LogP) is 4.94. The molecule has 0 radical (unpaired) electrons. The summed E-state index contributed by atoms with van der Waals surface area (Å²) in [7, 11) is 0. The lowest BCUT2D eigenvalue weighted by Crippen LogP contribution is -2.54. The van der Waals surface area contributed by atoms with Crippen LogP contribution < -0.4 is 37.2 Å². The summed E-state index contributed by atoms with van der Waals surface area (Å²) < 4.78 is 0. The molecule has 2 heterocycles. The fourth-order valence-electron chi connectivity index (χ4n) is 8.87. The lowest BCUT2D eigenvalue weighted by molar-refractivity contribution is -0.120. The molecule has 2 aliphatic heterocycles. The Bertz CT molecular complexity index is 2330. The van der Waals surface area contributed by atoms with E-state index in [0.29, 0.717) is 22.8 Å². The van der Waals surface area contributed by atoms with E-state index in [1.54, 1.807) is 13.8 Å². The van der Waals surface area contributed by atoms with E-state index in [0.717, 1.165) is 82.5 Å². The number of nitrogens with zero attached hydrogens (tertiary/aromatic N) is 1. The summed E-state index contributed by atoms with van der Waals surface area (Å²) in [5, 5.41) is 34.4. The highest BCUT2D eigenvalue weighted by molar-refractivity contribution is 6.52. The molecule has 10 nitrogen and oxygen atoms in total. The molecule has 9 rings (SSSR count). The third-order valence-electron chi connectivity index (χ3n) is 11.2. The number of carbonyl (C=O) groups excluding carboxylic acids is 3. The van der Waals surface area contributed by atoms with Crippen LogP contribution in [-0.2, 0) is 14.4 Å². The van der Waals surface area contributed by atoms with E-state index in [1.165, 1.54) is 0 Å². The molecule has 0 aromatic heterocycles. The van der Waals surface area contributed by atoms with Crippen molar-refractivity contribution in [3.8, 4) is 0 Å². The second-order valence-electron chi connectivity index (χ2n) is 14.5. The number of anilines is 3. The van der Waals surface area contributed by atoms with Gasteiger partial charge in [0.1, 0.15) is 24.3 Å². The lowest BCUT2D eigenvalue weighted by atomic mass is 9.78. The molecule has 2 spiro atoms. The van der Waals surface area contributed by atoms with Gasteiger partial charge >= 0.3 is 0 Å². The van der Waals surface area contributed by atoms with Crippen LogP contribution in [0.15, 0.2) is 71.4 Å². The minimum Gasteiger partial charge on any atom is -0.506 e. The molecule has 2 amide bonds. The first kappa shape index (κ1) is 30.5. The van der Waals surface area contributed by atoms with Crippen LogP contribution in [0.3, 0.4) is 0 Å². The van der Waals surface area contributed by atoms with E-state index in [-0.39, 0.29) is 41.0 Å². The summed E-state index contributed by atoms with van der Waals surface area (Å²) in [6, 6.07) is 20.2. The first-order valence-electron chi connectivity index (χ1n) is 17.6. The van der Waals surface area contributed by atoms with Gasteiger partial charge < -0.3 is 31.7 Å². The molecule has 252 valence electrons. The minimum absolute atomic E-state index is 0.0268. The summed E-state index contributed by atoms with van der Waals surface area (Å²) in [5.41, 5.74) is 2.83. The number of ketones is 1. The highest BCUT2D eigenvalue weighted by Crippen LogP contribution is 2.48. The van der Waals surface area contributed by atoms with Crippen LogP contribution in [0.25, 0.3) is 32.7 Å². The topological polar surface area (TPSA) is 144 Å². The second-order valence-corrected chi connectivity index (χ2v) is 14.5. The van der Waals surface area contributed by atoms with Gasteiger partial charge in [-0.1, -0.05) is 48.5 Å². The summed E-state index contributed by atoms with van der Waals surface area (Å²) in [6.45, 7) is 3.09. The lowest BCUT2D eigenvalue weighted by Gasteiger charge is -2.41. The van der Waals surface area contributed by atoms with Gasteiger partial charge in [0.05, 0.1) is 28.2 Å². The van der Waals surface area contributed by atoms with Crippen LogP contribution in [-0.4, -0.2) is 46.1 Å². The van der Waals surface area contributed by atoms with Crippen molar-refractivity contribution >= 4 is 67.4 Å². The van der Waals surface area contributed by atoms with Gasteiger partial charge in [-0.25, -0.2) is 0 Å². The van der Waals surface area contributed by atoms with Gasteiger partial charge in [-0.05, 0) is 55.0 Å². The van der Waals surface area contributed by atoms with Gasteiger partial charge in [0, 0.05) is 59.2 Å². The number of benzene rings is 4. The highest BCUT2D eigenvalue weighted by Gasteiger charge is 2.48. The molecule has 4 aromatic carbocycles. The van der Waals surface area contributed by atoms with Crippen LogP contribution in [0.4, 0.5) is 17.1 Å². The third kappa shape index (κ3) is 4.72. The number of carbonyl (C=O) groups is 3. The molecular weight excluding hydrogens is 628 g/mol. The molecule has 4 aromatic rings. The largest absolute Gasteiger partial charge is 0.506 e. The summed E-state index contributed by atoms with van der Waals surface area (Å²) in [6.07, 6.45) is 7.41. The van der Waals surface area contributed by atoms with Crippen molar-refractivity contribution in [2.75, 3.05) is 16.0 Å². The number of aliphatic hydroxyl groups excluding tert-OH is 1. The van der Waals surface area contributed by atoms with Gasteiger partial charge in [0.25, 0.3) is 5.66 Å². The zero-order chi connectivity index (χ0) is 34.4. The molecule has 2 saturated carbocycles. The fraction of sp³-hybridized carbons (Fsp3) is 0.325. The molecule has 2 unspecified atom stereocenters.